The van der Waals surface area contributed by atoms with Gasteiger partial charge in [0.15, 0.2) is 5.16 Å². The highest BCUT2D eigenvalue weighted by Gasteiger charge is 2.10. The lowest BCUT2D eigenvalue weighted by Crippen LogP contribution is -2.08. The number of benzene rings is 1. The molecule has 0 saturated carbocycles. The fourth-order valence-corrected chi connectivity index (χ4v) is 2.49. The van der Waals surface area contributed by atoms with E-state index in [9.17, 15) is 9.59 Å². The van der Waals surface area contributed by atoms with Crippen LogP contribution in [0.5, 0.6) is 0 Å². The summed E-state index contributed by atoms with van der Waals surface area (Å²) in [5.74, 6) is -0.447. The number of nitrogens with two attached hydrogens (primary N) is 1. The molecule has 20 heavy (non-hydrogen) atoms. The van der Waals surface area contributed by atoms with E-state index in [0.717, 1.165) is 0 Å². The Kier molecular flexibility index (Phi) is 4.09. The number of hydrogen-bond acceptors (Lipinski definition) is 6. The largest absolute Gasteiger partial charge is 0.465 e. The fraction of sp³-hybridized carbons (Fsp3) is 0.154. The van der Waals surface area contributed by atoms with Gasteiger partial charge < -0.3 is 15.5 Å². The summed E-state index contributed by atoms with van der Waals surface area (Å²) in [6, 6.07) is 6.20. The van der Waals surface area contributed by atoms with Gasteiger partial charge in [0.05, 0.1) is 12.7 Å². The van der Waals surface area contributed by atoms with E-state index in [0.29, 0.717) is 27.0 Å². The molecular weight excluding hydrogens is 278 g/mol. The van der Waals surface area contributed by atoms with Gasteiger partial charge in [0.25, 0.3) is 5.56 Å². The van der Waals surface area contributed by atoms with Crippen molar-refractivity contribution in [2.24, 2.45) is 0 Å². The van der Waals surface area contributed by atoms with E-state index >= 15 is 0 Å². The number of aromatic amines is 1. The number of rotatable bonds is 3. The first-order chi connectivity index (χ1) is 9.49. The summed E-state index contributed by atoms with van der Waals surface area (Å²) in [6.07, 6.45) is 0. The zero-order valence-electron chi connectivity index (χ0n) is 11.0. The van der Waals surface area contributed by atoms with E-state index in [4.69, 9.17) is 5.73 Å². The van der Waals surface area contributed by atoms with Crippen molar-refractivity contribution in [3.05, 3.63) is 45.9 Å². The lowest BCUT2D eigenvalue weighted by molar-refractivity contribution is 0.0600. The maximum Gasteiger partial charge on any atom is 0.337 e. The summed E-state index contributed by atoms with van der Waals surface area (Å²) in [4.78, 5) is 30.3. The molecule has 0 bridgehead atoms. The lowest BCUT2D eigenvalue weighted by atomic mass is 10.2. The summed E-state index contributed by atoms with van der Waals surface area (Å²) >= 11 is 1.19. The molecule has 0 radical (unpaired) electrons. The van der Waals surface area contributed by atoms with Crippen molar-refractivity contribution >= 4 is 23.4 Å². The summed E-state index contributed by atoms with van der Waals surface area (Å²) in [6.45, 7) is 1.73. The maximum atomic E-state index is 11.5. The third kappa shape index (κ3) is 3.18. The number of carbonyl (C=O) groups excluding carboxylic acids is 1. The molecule has 0 spiro atoms. The average molecular weight is 291 g/mol. The predicted octanol–water partition coefficient (Wildman–Crippen LogP) is 1.60. The molecule has 1 heterocycles. The minimum Gasteiger partial charge on any atom is -0.465 e. The van der Waals surface area contributed by atoms with Gasteiger partial charge in [0, 0.05) is 22.3 Å². The van der Waals surface area contributed by atoms with Crippen molar-refractivity contribution < 1.29 is 9.53 Å². The molecule has 6 nitrogen and oxygen atoms in total. The SMILES string of the molecule is COC(=O)c1ccc(N)c(Sc2nc(C)cc(=O)[nH]2)c1. The minimum absolute atomic E-state index is 0.234. The van der Waals surface area contributed by atoms with Crippen LogP contribution in [-0.2, 0) is 4.74 Å². The monoisotopic (exact) mass is 291 g/mol. The standard InChI is InChI=1S/C13H13N3O3S/c1-7-5-11(17)16-13(15-7)20-10-6-8(12(18)19-2)3-4-9(10)14/h3-6H,14H2,1-2H3,(H,15,16,17). The number of methoxy groups -OCH3 is 1. The molecule has 0 atom stereocenters. The second-order valence-corrected chi connectivity index (χ2v) is 5.07. The van der Waals surface area contributed by atoms with Gasteiger partial charge in [-0.2, -0.15) is 0 Å². The number of hydrogen-bond donors (Lipinski definition) is 2. The second kappa shape index (κ2) is 5.79. The van der Waals surface area contributed by atoms with Gasteiger partial charge in [-0.25, -0.2) is 9.78 Å². The average Bonchev–Trinajstić information content (AvgIpc) is 2.39. The van der Waals surface area contributed by atoms with Gasteiger partial charge in [0.2, 0.25) is 0 Å². The topological polar surface area (TPSA) is 98.1 Å². The number of aryl methyl sites for hydroxylation is 1. The Morgan fingerprint density at radius 3 is 2.80 bits per heavy atom. The van der Waals surface area contributed by atoms with Gasteiger partial charge in [0.1, 0.15) is 0 Å². The Morgan fingerprint density at radius 1 is 1.40 bits per heavy atom. The summed E-state index contributed by atoms with van der Waals surface area (Å²) in [5, 5.41) is 0.420. The molecule has 0 saturated heterocycles. The van der Waals surface area contributed by atoms with E-state index in [-0.39, 0.29) is 5.56 Å². The van der Waals surface area contributed by atoms with Crippen molar-refractivity contribution in [2.75, 3.05) is 12.8 Å². The third-order valence-corrected chi connectivity index (χ3v) is 3.45. The van der Waals surface area contributed by atoms with Crippen LogP contribution in [0.2, 0.25) is 0 Å². The predicted molar refractivity (Wildman–Crippen MR) is 75.9 cm³/mol. The van der Waals surface area contributed by atoms with Gasteiger partial charge in [-0.05, 0) is 36.9 Å². The number of aromatic nitrogens is 2. The highest BCUT2D eigenvalue weighted by molar-refractivity contribution is 7.99. The molecule has 2 aromatic rings. The number of ether oxygens (including phenoxy) is 1. The Hall–Kier alpha value is -2.28. The molecule has 7 heteroatoms. The highest BCUT2D eigenvalue weighted by Crippen LogP contribution is 2.30. The van der Waals surface area contributed by atoms with Crippen LogP contribution in [-0.4, -0.2) is 23.0 Å². The number of esters is 1. The number of carbonyl (C=O) groups is 1. The van der Waals surface area contributed by atoms with Crippen molar-refractivity contribution in [1.82, 2.24) is 9.97 Å². The first kappa shape index (κ1) is 14.1. The molecule has 0 amide bonds. The van der Waals surface area contributed by atoms with Crippen LogP contribution in [0.25, 0.3) is 0 Å². The van der Waals surface area contributed by atoms with Crippen LogP contribution in [0.3, 0.4) is 0 Å². The fourth-order valence-electron chi connectivity index (χ4n) is 1.57. The molecule has 1 aromatic heterocycles. The normalized spacial score (nSPS) is 10.3. The number of anilines is 1. The molecule has 0 aliphatic rings. The Morgan fingerprint density at radius 2 is 2.15 bits per heavy atom. The lowest BCUT2D eigenvalue weighted by Gasteiger charge is -2.07. The van der Waals surface area contributed by atoms with Gasteiger partial charge in [-0.15, -0.1) is 0 Å². The van der Waals surface area contributed by atoms with E-state index < -0.39 is 5.97 Å². The summed E-state index contributed by atoms with van der Waals surface area (Å²) in [5.41, 5.74) is 7.12. The molecular formula is C13H13N3O3S. The highest BCUT2D eigenvalue weighted by atomic mass is 32.2. The van der Waals surface area contributed by atoms with Crippen LogP contribution >= 0.6 is 11.8 Å². The van der Waals surface area contributed by atoms with Crippen LogP contribution < -0.4 is 11.3 Å². The molecule has 0 aliphatic carbocycles. The van der Waals surface area contributed by atoms with Crippen LogP contribution in [0.4, 0.5) is 5.69 Å². The van der Waals surface area contributed by atoms with E-state index in [1.54, 1.807) is 25.1 Å². The van der Waals surface area contributed by atoms with Crippen LogP contribution in [0, 0.1) is 6.92 Å². The smallest absolute Gasteiger partial charge is 0.337 e. The van der Waals surface area contributed by atoms with Crippen LogP contribution in [0.1, 0.15) is 16.1 Å². The molecule has 3 N–H and O–H groups in total. The van der Waals surface area contributed by atoms with Gasteiger partial charge in [-0.3, -0.25) is 4.79 Å². The van der Waals surface area contributed by atoms with Crippen molar-refractivity contribution in [2.45, 2.75) is 17.0 Å². The zero-order valence-corrected chi connectivity index (χ0v) is 11.8. The molecule has 0 fully saturated rings. The Labute approximate surface area is 119 Å². The molecule has 2 rings (SSSR count). The molecule has 104 valence electrons. The van der Waals surface area contributed by atoms with E-state index in [1.807, 2.05) is 0 Å². The molecule has 0 aliphatic heterocycles. The molecule has 1 aromatic carbocycles. The number of nitrogens with zero attached hydrogens (tertiary/aromatic N) is 1. The number of H-pyrrole nitrogens is 1. The second-order valence-electron chi connectivity index (χ2n) is 4.04. The van der Waals surface area contributed by atoms with Crippen molar-refractivity contribution in [3.63, 3.8) is 0 Å². The van der Waals surface area contributed by atoms with Crippen molar-refractivity contribution in [1.29, 1.82) is 0 Å². The first-order valence-corrected chi connectivity index (χ1v) is 6.55. The Balaban J connectivity index is 2.37. The number of nitrogens with one attached hydrogen (secondary N) is 1. The zero-order chi connectivity index (χ0) is 14.7. The van der Waals surface area contributed by atoms with E-state index in [2.05, 4.69) is 14.7 Å². The summed E-state index contributed by atoms with van der Waals surface area (Å²) in [7, 11) is 1.31. The van der Waals surface area contributed by atoms with E-state index in [1.165, 1.54) is 24.9 Å². The summed E-state index contributed by atoms with van der Waals surface area (Å²) < 4.78 is 4.66. The van der Waals surface area contributed by atoms with Crippen molar-refractivity contribution in [3.8, 4) is 0 Å². The number of nitrogen functional groups attached to an aromatic ring is 1. The molecule has 0 unspecified atom stereocenters. The Bertz CT molecular complexity index is 712. The quantitative estimate of drug-likeness (QED) is 0.506. The first-order valence-electron chi connectivity index (χ1n) is 5.73. The minimum atomic E-state index is -0.447. The maximum absolute atomic E-state index is 11.5. The van der Waals surface area contributed by atoms with Crippen LogP contribution in [0.15, 0.2) is 39.1 Å². The van der Waals surface area contributed by atoms with Gasteiger partial charge >= 0.3 is 5.97 Å². The van der Waals surface area contributed by atoms with Gasteiger partial charge in [-0.1, -0.05) is 0 Å². The third-order valence-electron chi connectivity index (χ3n) is 2.49.